The van der Waals surface area contributed by atoms with Gasteiger partial charge in [0.05, 0.1) is 35.3 Å². The molecule has 0 unspecified atom stereocenters. The van der Waals surface area contributed by atoms with Crippen LogP contribution in [0.25, 0.3) is 0 Å². The number of nitrogens with zero attached hydrogens (tertiary/aromatic N) is 4. The zero-order valence-corrected chi connectivity index (χ0v) is 22.4. The van der Waals surface area contributed by atoms with E-state index in [9.17, 15) is 19.2 Å². The predicted octanol–water partition coefficient (Wildman–Crippen LogP) is 4.13. The Bertz CT molecular complexity index is 1590. The molecule has 4 saturated heterocycles. The Kier molecular flexibility index (Phi) is 5.50. The number of imide groups is 2. The lowest BCUT2D eigenvalue weighted by molar-refractivity contribution is -0.136. The van der Waals surface area contributed by atoms with Crippen molar-refractivity contribution in [2.75, 3.05) is 9.80 Å². The number of hydrogen-bond donors (Lipinski definition) is 0. The van der Waals surface area contributed by atoms with Crippen LogP contribution in [0.3, 0.4) is 0 Å². The van der Waals surface area contributed by atoms with E-state index in [-0.39, 0.29) is 23.6 Å². The SMILES string of the molecule is O=C1[C@@H]2[C@H](C(=O)N1c1ccccc1)N1[C@H](c3ccccc3)[C@@H]3C(=O)N(c4ccccc4)C(=O)[C@@H]3N1[C@H]2c1ccccc1. The van der Waals surface area contributed by atoms with E-state index >= 15 is 0 Å². The molecule has 8 rings (SSSR count). The van der Waals surface area contributed by atoms with Crippen molar-refractivity contribution in [2.45, 2.75) is 24.2 Å². The highest BCUT2D eigenvalue weighted by molar-refractivity contribution is 6.26. The van der Waals surface area contributed by atoms with Crippen molar-refractivity contribution < 1.29 is 19.2 Å². The monoisotopic (exact) mass is 554 g/mol. The maximum atomic E-state index is 14.3. The molecule has 0 spiro atoms. The van der Waals surface area contributed by atoms with Crippen LogP contribution in [0.2, 0.25) is 0 Å². The minimum Gasteiger partial charge on any atom is -0.274 e. The van der Waals surface area contributed by atoms with Crippen molar-refractivity contribution in [1.29, 1.82) is 0 Å². The molecule has 4 amide bonds. The smallest absolute Gasteiger partial charge is 0.253 e. The van der Waals surface area contributed by atoms with Crippen molar-refractivity contribution in [3.05, 3.63) is 132 Å². The molecule has 4 aromatic carbocycles. The van der Waals surface area contributed by atoms with Gasteiger partial charge < -0.3 is 0 Å². The van der Waals surface area contributed by atoms with E-state index in [1.807, 2.05) is 82.8 Å². The Morgan fingerprint density at radius 1 is 0.357 bits per heavy atom. The summed E-state index contributed by atoms with van der Waals surface area (Å²) in [5.41, 5.74) is 2.66. The third kappa shape index (κ3) is 3.30. The molecule has 8 heteroatoms. The molecule has 6 atom stereocenters. The highest BCUT2D eigenvalue weighted by atomic mass is 16.2. The van der Waals surface area contributed by atoms with E-state index in [4.69, 9.17) is 0 Å². The average Bonchev–Trinajstić information content (AvgIpc) is 3.70. The molecule has 4 fully saturated rings. The van der Waals surface area contributed by atoms with E-state index < -0.39 is 36.0 Å². The van der Waals surface area contributed by atoms with Crippen molar-refractivity contribution in [3.8, 4) is 0 Å². The first-order valence-electron chi connectivity index (χ1n) is 14.1. The Balaban J connectivity index is 1.33. The first-order chi connectivity index (χ1) is 20.6. The Hall–Kier alpha value is -4.92. The summed E-state index contributed by atoms with van der Waals surface area (Å²) < 4.78 is 0. The first-order valence-corrected chi connectivity index (χ1v) is 14.1. The molecule has 42 heavy (non-hydrogen) atoms. The van der Waals surface area contributed by atoms with Crippen LogP contribution >= 0.6 is 0 Å². The topological polar surface area (TPSA) is 81.2 Å². The van der Waals surface area contributed by atoms with Crippen LogP contribution in [0.1, 0.15) is 23.2 Å². The van der Waals surface area contributed by atoms with Gasteiger partial charge in [-0.25, -0.2) is 19.8 Å². The van der Waals surface area contributed by atoms with E-state index in [1.54, 1.807) is 48.5 Å². The van der Waals surface area contributed by atoms with Gasteiger partial charge in [-0.15, -0.1) is 0 Å². The summed E-state index contributed by atoms with van der Waals surface area (Å²) in [6.45, 7) is 0. The number of fused-ring (bicyclic) bond motifs is 5. The summed E-state index contributed by atoms with van der Waals surface area (Å²) in [5.74, 6) is -2.83. The Morgan fingerprint density at radius 2 is 0.667 bits per heavy atom. The molecule has 4 heterocycles. The number of anilines is 2. The van der Waals surface area contributed by atoms with Gasteiger partial charge in [-0.3, -0.25) is 19.2 Å². The van der Waals surface area contributed by atoms with Gasteiger partial charge in [0.1, 0.15) is 12.1 Å². The standard InChI is InChI=1S/C34H26N4O4/c39-31-25-27(21-13-5-1-6-14-21)37-30-26(32(40)36(34(30)42)24-19-11-4-12-20-24)28(22-15-7-2-8-16-22)38(37)29(25)33(41)35(31)23-17-9-3-10-18-23/h1-20,25-30H/t25-,26-,27-,28+,29+,30+/m0/s1. The molecule has 0 aliphatic carbocycles. The van der Waals surface area contributed by atoms with E-state index in [2.05, 4.69) is 0 Å². The third-order valence-electron chi connectivity index (χ3n) is 9.04. The van der Waals surface area contributed by atoms with Gasteiger partial charge in [-0.05, 0) is 35.4 Å². The highest BCUT2D eigenvalue weighted by Crippen LogP contribution is 2.59. The number of amides is 4. The van der Waals surface area contributed by atoms with Gasteiger partial charge in [0.15, 0.2) is 0 Å². The summed E-state index contributed by atoms with van der Waals surface area (Å²) in [5, 5.41) is 3.79. The molecule has 4 aromatic rings. The molecule has 0 saturated carbocycles. The van der Waals surface area contributed by atoms with Gasteiger partial charge >= 0.3 is 0 Å². The highest BCUT2D eigenvalue weighted by Gasteiger charge is 2.73. The summed E-state index contributed by atoms with van der Waals surface area (Å²) in [6.07, 6.45) is 0. The van der Waals surface area contributed by atoms with E-state index in [0.717, 1.165) is 11.1 Å². The van der Waals surface area contributed by atoms with Crippen molar-refractivity contribution in [1.82, 2.24) is 10.0 Å². The second-order valence-electron chi connectivity index (χ2n) is 11.1. The van der Waals surface area contributed by atoms with Crippen LogP contribution in [0.15, 0.2) is 121 Å². The molecular formula is C34H26N4O4. The number of carbonyl (C=O) groups is 4. The van der Waals surface area contributed by atoms with Crippen LogP contribution in [-0.2, 0) is 19.2 Å². The molecule has 0 N–H and O–H groups in total. The number of hydrogen-bond acceptors (Lipinski definition) is 6. The normalized spacial score (nSPS) is 28.9. The number of benzene rings is 4. The summed E-state index contributed by atoms with van der Waals surface area (Å²) in [4.78, 5) is 59.7. The Morgan fingerprint density at radius 3 is 1.00 bits per heavy atom. The summed E-state index contributed by atoms with van der Waals surface area (Å²) >= 11 is 0. The second-order valence-corrected chi connectivity index (χ2v) is 11.1. The summed E-state index contributed by atoms with van der Waals surface area (Å²) in [6, 6.07) is 34.0. The number of carbonyl (C=O) groups excluding carboxylic acids is 4. The van der Waals surface area contributed by atoms with Gasteiger partial charge in [-0.2, -0.15) is 0 Å². The molecule has 4 aliphatic rings. The fourth-order valence-electron chi connectivity index (χ4n) is 7.46. The van der Waals surface area contributed by atoms with E-state index in [1.165, 1.54) is 9.80 Å². The molecule has 4 aliphatic heterocycles. The molecule has 0 radical (unpaired) electrons. The molecule has 8 nitrogen and oxygen atoms in total. The Labute approximate surface area is 242 Å². The zero-order chi connectivity index (χ0) is 28.5. The predicted molar refractivity (Wildman–Crippen MR) is 154 cm³/mol. The summed E-state index contributed by atoms with van der Waals surface area (Å²) in [7, 11) is 0. The van der Waals surface area contributed by atoms with Crippen LogP contribution in [0, 0.1) is 11.8 Å². The van der Waals surface area contributed by atoms with Crippen molar-refractivity contribution >= 4 is 35.0 Å². The van der Waals surface area contributed by atoms with Crippen LogP contribution in [-0.4, -0.2) is 45.7 Å². The van der Waals surface area contributed by atoms with E-state index in [0.29, 0.717) is 11.4 Å². The zero-order valence-electron chi connectivity index (χ0n) is 22.4. The average molecular weight is 555 g/mol. The minimum absolute atomic E-state index is 0.306. The van der Waals surface area contributed by atoms with Crippen LogP contribution in [0.4, 0.5) is 11.4 Å². The van der Waals surface area contributed by atoms with Gasteiger partial charge in [0.2, 0.25) is 11.8 Å². The van der Waals surface area contributed by atoms with Gasteiger partial charge in [0, 0.05) is 0 Å². The largest absolute Gasteiger partial charge is 0.274 e. The van der Waals surface area contributed by atoms with Gasteiger partial charge in [0.25, 0.3) is 11.8 Å². The molecule has 0 aromatic heterocycles. The lowest BCUT2D eigenvalue weighted by Crippen LogP contribution is -2.50. The molecular weight excluding hydrogens is 528 g/mol. The lowest BCUT2D eigenvalue weighted by atomic mass is 9.84. The fourth-order valence-corrected chi connectivity index (χ4v) is 7.46. The fraction of sp³-hybridized carbons (Fsp3) is 0.176. The maximum absolute atomic E-state index is 14.3. The van der Waals surface area contributed by atoms with Crippen molar-refractivity contribution in [3.63, 3.8) is 0 Å². The van der Waals surface area contributed by atoms with Crippen LogP contribution in [0.5, 0.6) is 0 Å². The quantitative estimate of drug-likeness (QED) is 0.353. The lowest BCUT2D eigenvalue weighted by Gasteiger charge is -2.35. The van der Waals surface area contributed by atoms with Crippen LogP contribution < -0.4 is 9.80 Å². The van der Waals surface area contributed by atoms with Gasteiger partial charge in [-0.1, -0.05) is 97.1 Å². The maximum Gasteiger partial charge on any atom is 0.253 e. The number of hydrazine groups is 1. The third-order valence-corrected chi connectivity index (χ3v) is 9.04. The van der Waals surface area contributed by atoms with Crippen molar-refractivity contribution in [2.24, 2.45) is 11.8 Å². The minimum atomic E-state index is -0.871. The molecule has 0 bridgehead atoms. The second kappa shape index (κ2) is 9.30. The number of para-hydroxylation sites is 2. The number of rotatable bonds is 4. The first kappa shape index (κ1) is 24.8. The molecule has 206 valence electrons.